The number of aromatic nitrogens is 1. The number of aryl methyl sites for hydroxylation is 1. The third kappa shape index (κ3) is 3.61. The molecule has 1 saturated heterocycles. The summed E-state index contributed by atoms with van der Waals surface area (Å²) >= 11 is 0. The zero-order chi connectivity index (χ0) is 23.8. The van der Waals surface area contributed by atoms with Crippen molar-refractivity contribution in [2.24, 2.45) is 24.8 Å². The largest absolute Gasteiger partial charge is 0.466 e. The van der Waals surface area contributed by atoms with Gasteiger partial charge in [-0.3, -0.25) is 9.69 Å². The summed E-state index contributed by atoms with van der Waals surface area (Å²) in [6, 6.07) is 22.0. The number of hydrogen-bond donors (Lipinski definition) is 0. The second kappa shape index (κ2) is 9.27. The highest BCUT2D eigenvalue weighted by Gasteiger charge is 2.51. The minimum atomic E-state index is -0.246. The third-order valence-corrected chi connectivity index (χ3v) is 8.09. The summed E-state index contributed by atoms with van der Waals surface area (Å²) in [4.78, 5) is 15.5. The van der Waals surface area contributed by atoms with Gasteiger partial charge < -0.3 is 9.30 Å². The molecule has 0 saturated carbocycles. The maximum absolute atomic E-state index is 12.9. The quantitative estimate of drug-likeness (QED) is 0.467. The van der Waals surface area contributed by atoms with Crippen molar-refractivity contribution in [1.82, 2.24) is 9.47 Å². The van der Waals surface area contributed by atoms with Crippen molar-refractivity contribution >= 4 is 16.9 Å². The molecule has 2 aliphatic heterocycles. The lowest BCUT2D eigenvalue weighted by molar-refractivity contribution is -0.153. The van der Waals surface area contributed by atoms with Crippen molar-refractivity contribution in [3.8, 4) is 6.07 Å². The highest BCUT2D eigenvalue weighted by Crippen LogP contribution is 2.51. The molecule has 3 aromatic rings. The molecule has 0 N–H and O–H groups in total. The second-order valence-electron chi connectivity index (χ2n) is 9.71. The standard InChI is InChI=1S/C29H33N3O2/c1-4-20(29(33)34-5-2)22-15-27-28-23(21-13-9-10-14-25(21)31(28)3)16-26(24(22)17-30)32(27)18-19-11-7-6-8-12-19/h6-14,20,22,24,26-27H,4-5,15-16,18H2,1-3H3/t20?,22?,24-,26-,27-/m0/s1. The topological polar surface area (TPSA) is 58.3 Å². The molecule has 1 fully saturated rings. The summed E-state index contributed by atoms with van der Waals surface area (Å²) in [6.07, 6.45) is 2.31. The van der Waals surface area contributed by atoms with E-state index in [1.165, 1.54) is 27.7 Å². The summed E-state index contributed by atoms with van der Waals surface area (Å²) in [5.41, 5.74) is 5.21. The average molecular weight is 456 g/mol. The molecule has 2 unspecified atom stereocenters. The summed E-state index contributed by atoms with van der Waals surface area (Å²) < 4.78 is 7.81. The molecule has 5 atom stereocenters. The Kier molecular flexibility index (Phi) is 6.18. The monoisotopic (exact) mass is 455 g/mol. The number of ether oxygens (including phenoxy) is 1. The molecule has 0 aliphatic carbocycles. The Labute approximate surface area is 201 Å². The maximum atomic E-state index is 12.9. The molecule has 2 bridgehead atoms. The highest BCUT2D eigenvalue weighted by molar-refractivity contribution is 5.86. The first-order chi connectivity index (χ1) is 16.6. The summed E-state index contributed by atoms with van der Waals surface area (Å²) in [6.45, 7) is 5.08. The third-order valence-electron chi connectivity index (χ3n) is 8.09. The summed E-state index contributed by atoms with van der Waals surface area (Å²) in [5, 5.41) is 11.7. The van der Waals surface area contributed by atoms with E-state index in [1.807, 2.05) is 19.9 Å². The number of para-hydroxylation sites is 1. The molecule has 1 aromatic heterocycles. The van der Waals surface area contributed by atoms with E-state index >= 15 is 0 Å². The smallest absolute Gasteiger partial charge is 0.309 e. The van der Waals surface area contributed by atoms with Gasteiger partial charge in [-0.1, -0.05) is 55.5 Å². The molecule has 2 aliphatic rings. The Balaban J connectivity index is 1.63. The van der Waals surface area contributed by atoms with Crippen LogP contribution in [0.25, 0.3) is 10.9 Å². The fourth-order valence-corrected chi connectivity index (χ4v) is 6.63. The Hall–Kier alpha value is -3.10. The molecule has 0 amide bonds. The Morgan fingerprint density at radius 3 is 2.59 bits per heavy atom. The van der Waals surface area contributed by atoms with Crippen LogP contribution in [0.2, 0.25) is 0 Å². The second-order valence-corrected chi connectivity index (χ2v) is 9.71. The van der Waals surface area contributed by atoms with E-state index < -0.39 is 0 Å². The van der Waals surface area contributed by atoms with Gasteiger partial charge >= 0.3 is 5.97 Å². The molecule has 176 valence electrons. The Bertz CT molecular complexity index is 1230. The predicted octanol–water partition coefficient (Wildman–Crippen LogP) is 5.40. The average Bonchev–Trinajstić information content (AvgIpc) is 3.13. The number of nitriles is 1. The SMILES string of the molecule is CCOC(=O)C(CC)C1C[C@H]2c3c(c4ccccc4n3C)C[C@@H]([C@H]1C#N)N2Cc1ccccc1. The van der Waals surface area contributed by atoms with E-state index in [4.69, 9.17) is 4.74 Å². The lowest BCUT2D eigenvalue weighted by Gasteiger charge is -2.52. The van der Waals surface area contributed by atoms with E-state index in [2.05, 4.69) is 71.1 Å². The fourth-order valence-electron chi connectivity index (χ4n) is 6.63. The van der Waals surface area contributed by atoms with Crippen LogP contribution in [0.4, 0.5) is 0 Å². The van der Waals surface area contributed by atoms with Crippen LogP contribution in [0.5, 0.6) is 0 Å². The lowest BCUT2D eigenvalue weighted by Crippen LogP contribution is -2.55. The molecular formula is C29H33N3O2. The van der Waals surface area contributed by atoms with Crippen LogP contribution in [0.1, 0.15) is 49.6 Å². The predicted molar refractivity (Wildman–Crippen MR) is 133 cm³/mol. The van der Waals surface area contributed by atoms with Gasteiger partial charge in [0, 0.05) is 36.2 Å². The molecule has 2 aromatic carbocycles. The number of benzene rings is 2. The number of nitrogens with zero attached hydrogens (tertiary/aromatic N) is 3. The number of piperidine rings is 1. The molecule has 3 heterocycles. The number of fused-ring (bicyclic) bond motifs is 6. The van der Waals surface area contributed by atoms with Crippen LogP contribution in [-0.4, -0.2) is 28.1 Å². The van der Waals surface area contributed by atoms with Gasteiger partial charge in [0.1, 0.15) is 0 Å². The van der Waals surface area contributed by atoms with Gasteiger partial charge in [-0.15, -0.1) is 0 Å². The highest BCUT2D eigenvalue weighted by atomic mass is 16.5. The van der Waals surface area contributed by atoms with E-state index in [1.54, 1.807) is 0 Å². The maximum Gasteiger partial charge on any atom is 0.309 e. The van der Waals surface area contributed by atoms with E-state index in [0.29, 0.717) is 13.0 Å². The van der Waals surface area contributed by atoms with Gasteiger partial charge in [0.15, 0.2) is 0 Å². The molecule has 5 nitrogen and oxygen atoms in total. The van der Waals surface area contributed by atoms with Gasteiger partial charge in [-0.25, -0.2) is 0 Å². The van der Waals surface area contributed by atoms with Crippen molar-refractivity contribution in [3.05, 3.63) is 71.4 Å². The van der Waals surface area contributed by atoms with Gasteiger partial charge in [0.2, 0.25) is 0 Å². The van der Waals surface area contributed by atoms with E-state index in [-0.39, 0.29) is 35.8 Å². The minimum Gasteiger partial charge on any atom is -0.466 e. The van der Waals surface area contributed by atoms with Crippen molar-refractivity contribution in [3.63, 3.8) is 0 Å². The zero-order valence-corrected chi connectivity index (χ0v) is 20.3. The zero-order valence-electron chi connectivity index (χ0n) is 20.3. The number of hydrogen-bond acceptors (Lipinski definition) is 4. The number of carbonyl (C=O) groups excluding carboxylic acids is 1. The van der Waals surface area contributed by atoms with Gasteiger partial charge in [0.05, 0.1) is 30.6 Å². The molecule has 0 radical (unpaired) electrons. The molecule has 5 rings (SSSR count). The van der Waals surface area contributed by atoms with Gasteiger partial charge in [0.25, 0.3) is 0 Å². The molecular weight excluding hydrogens is 422 g/mol. The normalized spacial score (nSPS) is 24.9. The number of carbonyl (C=O) groups is 1. The summed E-state index contributed by atoms with van der Waals surface area (Å²) in [5.74, 6) is -0.629. The number of esters is 1. The lowest BCUT2D eigenvalue weighted by atomic mass is 9.66. The van der Waals surface area contributed by atoms with Crippen LogP contribution in [0.3, 0.4) is 0 Å². The van der Waals surface area contributed by atoms with Crippen LogP contribution >= 0.6 is 0 Å². The first-order valence-corrected chi connectivity index (χ1v) is 12.5. The van der Waals surface area contributed by atoms with Crippen molar-refractivity contribution < 1.29 is 9.53 Å². The molecule has 34 heavy (non-hydrogen) atoms. The van der Waals surface area contributed by atoms with Gasteiger partial charge in [-0.05, 0) is 49.3 Å². The number of rotatable bonds is 6. The summed E-state index contributed by atoms with van der Waals surface area (Å²) in [7, 11) is 2.16. The first kappa shape index (κ1) is 22.7. The van der Waals surface area contributed by atoms with E-state index in [0.717, 1.165) is 19.4 Å². The molecule has 0 spiro atoms. The Morgan fingerprint density at radius 2 is 1.88 bits per heavy atom. The van der Waals surface area contributed by atoms with Crippen molar-refractivity contribution in [2.75, 3.05) is 6.61 Å². The van der Waals surface area contributed by atoms with Gasteiger partial charge in [-0.2, -0.15) is 5.26 Å². The van der Waals surface area contributed by atoms with Crippen LogP contribution < -0.4 is 0 Å². The van der Waals surface area contributed by atoms with Crippen LogP contribution in [0, 0.1) is 29.1 Å². The minimum absolute atomic E-state index is 0.0118. The van der Waals surface area contributed by atoms with Crippen molar-refractivity contribution in [1.29, 1.82) is 5.26 Å². The van der Waals surface area contributed by atoms with E-state index in [9.17, 15) is 10.1 Å². The van der Waals surface area contributed by atoms with Crippen molar-refractivity contribution in [2.45, 2.75) is 51.7 Å². The van der Waals surface area contributed by atoms with Crippen LogP contribution in [0.15, 0.2) is 54.6 Å². The van der Waals surface area contributed by atoms with Crippen LogP contribution in [-0.2, 0) is 29.5 Å². The first-order valence-electron chi connectivity index (χ1n) is 12.5. The Morgan fingerprint density at radius 1 is 1.15 bits per heavy atom. The fraction of sp³-hybridized carbons (Fsp3) is 0.448. The molecule has 5 heteroatoms.